The van der Waals surface area contributed by atoms with Crippen molar-refractivity contribution in [2.75, 3.05) is 6.54 Å². The number of para-hydroxylation sites is 1. The molecule has 152 valence electrons. The molecule has 3 aliphatic rings. The van der Waals surface area contributed by atoms with Crippen LogP contribution in [0.2, 0.25) is 0 Å². The van der Waals surface area contributed by atoms with E-state index in [1.54, 1.807) is 36.4 Å². The van der Waals surface area contributed by atoms with Crippen molar-refractivity contribution in [3.63, 3.8) is 0 Å². The third-order valence-corrected chi connectivity index (χ3v) is 6.66. The molecule has 1 aromatic heterocycles. The monoisotopic (exact) mass is 404 g/mol. The number of aromatic nitrogens is 1. The fraction of sp³-hybridized carbons (Fsp3) is 0.429. The molecule has 1 aliphatic heterocycles. The highest BCUT2D eigenvalue weighted by molar-refractivity contribution is 5.89. The normalized spacial score (nSPS) is 30.7. The average molecular weight is 404 g/mol. The van der Waals surface area contributed by atoms with E-state index >= 15 is 0 Å². The van der Waals surface area contributed by atoms with Crippen molar-refractivity contribution in [1.29, 1.82) is 0 Å². The van der Waals surface area contributed by atoms with Gasteiger partial charge in [-0.3, -0.25) is 9.59 Å². The highest BCUT2D eigenvalue weighted by Crippen LogP contribution is 2.51. The first-order valence-electron chi connectivity index (χ1n) is 9.65. The second-order valence-electron chi connectivity index (χ2n) is 8.13. The van der Waals surface area contributed by atoms with Crippen LogP contribution in [0.1, 0.15) is 23.7 Å². The number of carboxylic acids is 1. The molecule has 0 spiro atoms. The van der Waals surface area contributed by atoms with Gasteiger partial charge in [0.1, 0.15) is 0 Å². The van der Waals surface area contributed by atoms with Crippen molar-refractivity contribution < 1.29 is 27.9 Å². The summed E-state index contributed by atoms with van der Waals surface area (Å²) in [5.74, 6) is -4.34. The van der Waals surface area contributed by atoms with E-state index in [4.69, 9.17) is 0 Å². The van der Waals surface area contributed by atoms with E-state index in [2.05, 4.69) is 4.98 Å². The lowest BCUT2D eigenvalue weighted by atomic mass is 9.81. The van der Waals surface area contributed by atoms with Crippen molar-refractivity contribution in [2.45, 2.75) is 25.1 Å². The number of aliphatic carboxylic acids is 1. The number of hydrogen-bond donors (Lipinski definition) is 2. The predicted molar refractivity (Wildman–Crippen MR) is 97.9 cm³/mol. The Balaban J connectivity index is 1.57. The molecule has 2 heterocycles. The lowest BCUT2D eigenvalue weighted by Crippen LogP contribution is -2.51. The van der Waals surface area contributed by atoms with Gasteiger partial charge in [0.25, 0.3) is 0 Å². The maximum absolute atomic E-state index is 14.1. The van der Waals surface area contributed by atoms with Crippen molar-refractivity contribution in [1.82, 2.24) is 9.88 Å². The van der Waals surface area contributed by atoms with Crippen LogP contribution in [-0.4, -0.2) is 39.6 Å². The fourth-order valence-electron chi connectivity index (χ4n) is 5.51. The smallest absolute Gasteiger partial charge is 0.414 e. The van der Waals surface area contributed by atoms with E-state index in [9.17, 15) is 27.9 Å². The molecule has 2 aromatic rings. The molecule has 5 nitrogen and oxygen atoms in total. The molecule has 29 heavy (non-hydrogen) atoms. The lowest BCUT2D eigenvalue weighted by molar-refractivity contribution is -0.197. The van der Waals surface area contributed by atoms with E-state index < -0.39 is 35.9 Å². The lowest BCUT2D eigenvalue weighted by Gasteiger charge is -2.39. The number of carbonyl (C=O) groups excluding carboxylic acids is 1. The van der Waals surface area contributed by atoms with Crippen LogP contribution in [0, 0.1) is 23.7 Å². The number of carbonyl (C=O) groups is 2. The van der Waals surface area contributed by atoms with Gasteiger partial charge < -0.3 is 15.0 Å². The second-order valence-corrected chi connectivity index (χ2v) is 8.13. The minimum absolute atomic E-state index is 0.0103. The first kappa shape index (κ1) is 18.3. The summed E-state index contributed by atoms with van der Waals surface area (Å²) < 4.78 is 42.4. The molecule has 0 saturated heterocycles. The fourth-order valence-corrected chi connectivity index (χ4v) is 5.51. The maximum Gasteiger partial charge on any atom is 0.414 e. The van der Waals surface area contributed by atoms with Gasteiger partial charge in [-0.05, 0) is 36.3 Å². The highest BCUT2D eigenvalue weighted by atomic mass is 19.4. The number of amides is 1. The quantitative estimate of drug-likeness (QED) is 0.750. The number of aromatic amines is 1. The molecule has 0 unspecified atom stereocenters. The number of H-pyrrole nitrogens is 1. The van der Waals surface area contributed by atoms with Gasteiger partial charge in [0.2, 0.25) is 5.91 Å². The summed E-state index contributed by atoms with van der Waals surface area (Å²) in [6.45, 7) is -0.0815. The number of nitrogens with zero attached hydrogens (tertiary/aromatic N) is 1. The first-order chi connectivity index (χ1) is 13.8. The van der Waals surface area contributed by atoms with Crippen LogP contribution in [0.25, 0.3) is 10.9 Å². The van der Waals surface area contributed by atoms with Gasteiger partial charge >= 0.3 is 12.1 Å². The SMILES string of the molecule is O=C(O)[C@@H]1[C@H](C(=O)N2CCc3c([nH]c4ccccc34)[C@H]2C(F)(F)F)[C@H]2C=C[C@H]1C2. The molecule has 0 radical (unpaired) electrons. The van der Waals surface area contributed by atoms with E-state index in [-0.39, 0.29) is 24.1 Å². The predicted octanol–water partition coefficient (Wildman–Crippen LogP) is 3.68. The zero-order valence-electron chi connectivity index (χ0n) is 15.3. The Kier molecular flexibility index (Phi) is 3.85. The van der Waals surface area contributed by atoms with E-state index in [1.807, 2.05) is 0 Å². The summed E-state index contributed by atoms with van der Waals surface area (Å²) in [5.41, 5.74) is 1.17. The summed E-state index contributed by atoms with van der Waals surface area (Å²) in [6, 6.07) is 4.92. The van der Waals surface area contributed by atoms with Gasteiger partial charge in [0.15, 0.2) is 6.04 Å². The van der Waals surface area contributed by atoms with Crippen molar-refractivity contribution >= 4 is 22.8 Å². The van der Waals surface area contributed by atoms with Crippen LogP contribution in [0.3, 0.4) is 0 Å². The third-order valence-electron chi connectivity index (χ3n) is 6.66. The number of nitrogens with one attached hydrogen (secondary N) is 1. The van der Waals surface area contributed by atoms with Gasteiger partial charge in [0, 0.05) is 17.4 Å². The molecule has 5 atom stereocenters. The Morgan fingerprint density at radius 2 is 1.79 bits per heavy atom. The zero-order valence-corrected chi connectivity index (χ0v) is 15.3. The van der Waals surface area contributed by atoms with Gasteiger partial charge in [-0.25, -0.2) is 0 Å². The Bertz CT molecular complexity index is 1040. The standard InChI is InChI=1S/C21H19F3N2O3/c22-21(23,24)18-17-13(12-3-1-2-4-14(12)25-17)7-8-26(18)19(27)15-10-5-6-11(9-10)16(15)20(28)29/h1-6,10-11,15-16,18,25H,7-9H2,(H,28,29)/t10-,11-,15+,16-,18-/m0/s1. The Morgan fingerprint density at radius 3 is 2.48 bits per heavy atom. The third kappa shape index (κ3) is 2.61. The van der Waals surface area contributed by atoms with E-state index in [0.29, 0.717) is 23.9 Å². The molecule has 5 rings (SSSR count). The number of rotatable bonds is 2. The van der Waals surface area contributed by atoms with Gasteiger partial charge in [-0.1, -0.05) is 30.4 Å². The summed E-state index contributed by atoms with van der Waals surface area (Å²) >= 11 is 0. The molecule has 2 aliphatic carbocycles. The topological polar surface area (TPSA) is 73.4 Å². The second kappa shape index (κ2) is 6.11. The zero-order chi connectivity index (χ0) is 20.5. The summed E-state index contributed by atoms with van der Waals surface area (Å²) in [4.78, 5) is 28.8. The maximum atomic E-state index is 14.1. The van der Waals surface area contributed by atoms with Crippen molar-refractivity contribution in [2.24, 2.45) is 23.7 Å². The molecule has 2 N–H and O–H groups in total. The Hall–Kier alpha value is -2.77. The van der Waals surface area contributed by atoms with Crippen LogP contribution in [0.5, 0.6) is 0 Å². The number of alkyl halides is 3. The largest absolute Gasteiger partial charge is 0.481 e. The van der Waals surface area contributed by atoms with E-state index in [1.165, 1.54) is 0 Å². The number of allylic oxidation sites excluding steroid dienone is 2. The summed E-state index contributed by atoms with van der Waals surface area (Å²) in [7, 11) is 0. The summed E-state index contributed by atoms with van der Waals surface area (Å²) in [5, 5.41) is 10.3. The number of benzene rings is 1. The van der Waals surface area contributed by atoms with Crippen LogP contribution >= 0.6 is 0 Å². The van der Waals surface area contributed by atoms with E-state index in [0.717, 1.165) is 10.3 Å². The minimum atomic E-state index is -4.67. The molecular formula is C21H19F3N2O3. The number of fused-ring (bicyclic) bond motifs is 5. The number of hydrogen-bond acceptors (Lipinski definition) is 2. The van der Waals surface area contributed by atoms with Crippen LogP contribution < -0.4 is 0 Å². The van der Waals surface area contributed by atoms with Crippen LogP contribution in [0.4, 0.5) is 13.2 Å². The highest BCUT2D eigenvalue weighted by Gasteiger charge is 2.57. The van der Waals surface area contributed by atoms with Gasteiger partial charge in [0.05, 0.1) is 17.5 Å². The molecule has 1 fully saturated rings. The molecule has 8 heteroatoms. The molecule has 1 amide bonds. The van der Waals surface area contributed by atoms with Crippen LogP contribution in [0.15, 0.2) is 36.4 Å². The molecule has 1 aromatic carbocycles. The van der Waals surface area contributed by atoms with Crippen molar-refractivity contribution in [3.8, 4) is 0 Å². The van der Waals surface area contributed by atoms with Gasteiger partial charge in [-0.15, -0.1) is 0 Å². The van der Waals surface area contributed by atoms with Crippen LogP contribution in [-0.2, 0) is 16.0 Å². The Morgan fingerprint density at radius 1 is 1.10 bits per heavy atom. The average Bonchev–Trinajstić information content (AvgIpc) is 3.37. The number of carboxylic acid groups (broad SMARTS) is 1. The number of halogens is 3. The van der Waals surface area contributed by atoms with Crippen molar-refractivity contribution in [3.05, 3.63) is 47.7 Å². The van der Waals surface area contributed by atoms with Gasteiger partial charge in [-0.2, -0.15) is 13.2 Å². The molecule has 1 saturated carbocycles. The molecule has 2 bridgehead atoms. The minimum Gasteiger partial charge on any atom is -0.481 e. The first-order valence-corrected chi connectivity index (χ1v) is 9.65. The Labute approximate surface area is 164 Å². The molecular weight excluding hydrogens is 385 g/mol. The summed E-state index contributed by atoms with van der Waals surface area (Å²) in [6.07, 6.45) is -0.298.